The van der Waals surface area contributed by atoms with E-state index in [0.29, 0.717) is 18.7 Å². The van der Waals surface area contributed by atoms with Gasteiger partial charge in [-0.05, 0) is 56.4 Å². The van der Waals surface area contributed by atoms with Crippen LogP contribution < -0.4 is 4.74 Å². The van der Waals surface area contributed by atoms with Gasteiger partial charge in [-0.2, -0.15) is 0 Å². The lowest BCUT2D eigenvalue weighted by Crippen LogP contribution is -2.41. The SMILES string of the molecule is COc1ccc(C2=C(B3OC(C)(C)C(C)(C)O3)CN(Cc3ccccc3)C2=O)cc1. The summed E-state index contributed by atoms with van der Waals surface area (Å²) in [6, 6.07) is 17.6. The summed E-state index contributed by atoms with van der Waals surface area (Å²) in [6.45, 7) is 9.13. The highest BCUT2D eigenvalue weighted by Gasteiger charge is 2.54. The standard InChI is InChI=1S/C24H28BNO4/c1-23(2)24(3,4)30-25(29-23)20-16-26(15-17-9-7-6-8-10-17)22(27)21(20)18-11-13-19(28-5)14-12-18/h6-14H,15-16H2,1-5H3. The number of benzene rings is 2. The van der Waals surface area contributed by atoms with Gasteiger partial charge in [0.15, 0.2) is 0 Å². The molecule has 5 nitrogen and oxygen atoms in total. The first kappa shape index (κ1) is 20.7. The Labute approximate surface area is 178 Å². The van der Waals surface area contributed by atoms with E-state index in [0.717, 1.165) is 22.3 Å². The molecule has 1 saturated heterocycles. The van der Waals surface area contributed by atoms with E-state index in [9.17, 15) is 4.79 Å². The van der Waals surface area contributed by atoms with E-state index in [4.69, 9.17) is 14.0 Å². The summed E-state index contributed by atoms with van der Waals surface area (Å²) >= 11 is 0. The molecule has 0 aromatic heterocycles. The molecular weight excluding hydrogens is 377 g/mol. The van der Waals surface area contributed by atoms with Crippen LogP contribution >= 0.6 is 0 Å². The van der Waals surface area contributed by atoms with Gasteiger partial charge in [0.05, 0.1) is 18.3 Å². The number of hydrogen-bond donors (Lipinski definition) is 0. The molecule has 2 aliphatic rings. The Balaban J connectivity index is 1.71. The molecule has 2 aliphatic heterocycles. The fraction of sp³-hybridized carbons (Fsp3) is 0.375. The zero-order chi connectivity index (χ0) is 21.5. The van der Waals surface area contributed by atoms with E-state index >= 15 is 0 Å². The molecule has 156 valence electrons. The lowest BCUT2D eigenvalue weighted by Gasteiger charge is -2.32. The minimum absolute atomic E-state index is 0.00580. The smallest absolute Gasteiger partial charge is 0.493 e. The third kappa shape index (κ3) is 3.66. The number of nitrogens with zero attached hydrogens (tertiary/aromatic N) is 1. The Morgan fingerprint density at radius 1 is 0.967 bits per heavy atom. The molecule has 30 heavy (non-hydrogen) atoms. The van der Waals surface area contributed by atoms with Crippen molar-refractivity contribution in [2.24, 2.45) is 0 Å². The highest BCUT2D eigenvalue weighted by Crippen LogP contribution is 2.42. The molecule has 2 heterocycles. The molecule has 1 amide bonds. The van der Waals surface area contributed by atoms with Crippen LogP contribution in [0, 0.1) is 0 Å². The van der Waals surface area contributed by atoms with Gasteiger partial charge < -0.3 is 18.9 Å². The molecule has 2 aromatic rings. The highest BCUT2D eigenvalue weighted by atomic mass is 16.7. The van der Waals surface area contributed by atoms with Crippen molar-refractivity contribution in [3.05, 3.63) is 71.2 Å². The van der Waals surface area contributed by atoms with Gasteiger partial charge in [0.2, 0.25) is 0 Å². The number of methoxy groups -OCH3 is 1. The normalized spacial score (nSPS) is 20.2. The number of hydrogen-bond acceptors (Lipinski definition) is 4. The third-order valence-electron chi connectivity index (χ3n) is 6.32. The van der Waals surface area contributed by atoms with Crippen LogP contribution in [0.2, 0.25) is 0 Å². The van der Waals surface area contributed by atoms with Gasteiger partial charge in [-0.25, -0.2) is 0 Å². The quantitative estimate of drug-likeness (QED) is 0.703. The summed E-state index contributed by atoms with van der Waals surface area (Å²) in [4.78, 5) is 15.3. The van der Waals surface area contributed by atoms with Gasteiger partial charge in [0.25, 0.3) is 5.91 Å². The van der Waals surface area contributed by atoms with Crippen molar-refractivity contribution < 1.29 is 18.8 Å². The van der Waals surface area contributed by atoms with Gasteiger partial charge in [0, 0.05) is 18.7 Å². The van der Waals surface area contributed by atoms with Crippen molar-refractivity contribution in [1.82, 2.24) is 4.90 Å². The van der Waals surface area contributed by atoms with Crippen LogP contribution in [-0.2, 0) is 20.6 Å². The van der Waals surface area contributed by atoms with Crippen molar-refractivity contribution >= 4 is 18.6 Å². The van der Waals surface area contributed by atoms with Crippen LogP contribution in [-0.4, -0.2) is 42.8 Å². The van der Waals surface area contributed by atoms with E-state index in [2.05, 4.69) is 0 Å². The van der Waals surface area contributed by atoms with Gasteiger partial charge in [-0.1, -0.05) is 42.5 Å². The van der Waals surface area contributed by atoms with Crippen molar-refractivity contribution in [3.63, 3.8) is 0 Å². The maximum absolute atomic E-state index is 13.5. The number of rotatable bonds is 5. The molecular formula is C24H28BNO4. The number of ether oxygens (including phenoxy) is 1. The largest absolute Gasteiger partial charge is 0.497 e. The zero-order valence-electron chi connectivity index (χ0n) is 18.3. The van der Waals surface area contributed by atoms with Gasteiger partial charge >= 0.3 is 7.12 Å². The monoisotopic (exact) mass is 405 g/mol. The van der Waals surface area contributed by atoms with Crippen molar-refractivity contribution in [1.29, 1.82) is 0 Å². The average Bonchev–Trinajstić information content (AvgIpc) is 3.15. The summed E-state index contributed by atoms with van der Waals surface area (Å²) in [5.74, 6) is 0.747. The molecule has 4 rings (SSSR count). The lowest BCUT2D eigenvalue weighted by atomic mass is 9.75. The molecule has 1 fully saturated rings. The van der Waals surface area contributed by atoms with Crippen LogP contribution in [0.3, 0.4) is 0 Å². The fourth-order valence-corrected chi connectivity index (χ4v) is 3.83. The molecule has 0 aliphatic carbocycles. The second kappa shape index (κ2) is 7.60. The Morgan fingerprint density at radius 3 is 2.13 bits per heavy atom. The molecule has 2 aromatic carbocycles. The first-order valence-electron chi connectivity index (χ1n) is 10.3. The average molecular weight is 405 g/mol. The summed E-state index contributed by atoms with van der Waals surface area (Å²) in [7, 11) is 1.07. The van der Waals surface area contributed by atoms with E-state index in [1.165, 1.54) is 0 Å². The van der Waals surface area contributed by atoms with E-state index in [-0.39, 0.29) is 5.91 Å². The van der Waals surface area contributed by atoms with Crippen molar-refractivity contribution in [2.75, 3.05) is 13.7 Å². The van der Waals surface area contributed by atoms with Crippen LogP contribution in [0.4, 0.5) is 0 Å². The Kier molecular flexibility index (Phi) is 5.24. The summed E-state index contributed by atoms with van der Waals surface area (Å²) in [6.07, 6.45) is 0. The molecule has 0 radical (unpaired) electrons. The predicted octanol–water partition coefficient (Wildman–Crippen LogP) is 4.12. The summed E-state index contributed by atoms with van der Waals surface area (Å²) in [5, 5.41) is 0. The fourth-order valence-electron chi connectivity index (χ4n) is 3.83. The first-order valence-corrected chi connectivity index (χ1v) is 10.3. The minimum Gasteiger partial charge on any atom is -0.497 e. The molecule has 6 heteroatoms. The van der Waals surface area contributed by atoms with Crippen molar-refractivity contribution in [3.8, 4) is 5.75 Å². The van der Waals surface area contributed by atoms with E-state index in [1.54, 1.807) is 7.11 Å². The maximum Gasteiger partial charge on any atom is 0.493 e. The molecule has 0 bridgehead atoms. The first-order chi connectivity index (χ1) is 14.2. The third-order valence-corrected chi connectivity index (χ3v) is 6.32. The van der Waals surface area contributed by atoms with Crippen LogP contribution in [0.5, 0.6) is 5.75 Å². The van der Waals surface area contributed by atoms with Crippen LogP contribution in [0.25, 0.3) is 5.57 Å². The topological polar surface area (TPSA) is 48.0 Å². The van der Waals surface area contributed by atoms with Gasteiger partial charge in [-0.15, -0.1) is 0 Å². The Bertz CT molecular complexity index is 950. The summed E-state index contributed by atoms with van der Waals surface area (Å²) < 4.78 is 17.9. The van der Waals surface area contributed by atoms with Gasteiger partial charge in [-0.3, -0.25) is 4.79 Å². The van der Waals surface area contributed by atoms with E-state index in [1.807, 2.05) is 87.2 Å². The molecule has 0 N–H and O–H groups in total. The van der Waals surface area contributed by atoms with Gasteiger partial charge in [0.1, 0.15) is 5.75 Å². The number of amides is 1. The minimum atomic E-state index is -0.558. The highest BCUT2D eigenvalue weighted by molar-refractivity contribution is 6.59. The Morgan fingerprint density at radius 2 is 1.57 bits per heavy atom. The number of carbonyl (C=O) groups excluding carboxylic acids is 1. The number of carbonyl (C=O) groups is 1. The Hall–Kier alpha value is -2.57. The molecule has 0 spiro atoms. The van der Waals surface area contributed by atoms with Crippen molar-refractivity contribution in [2.45, 2.75) is 45.4 Å². The molecule has 0 saturated carbocycles. The predicted molar refractivity (Wildman–Crippen MR) is 118 cm³/mol. The summed E-state index contributed by atoms with van der Waals surface area (Å²) in [5.41, 5.74) is 2.54. The maximum atomic E-state index is 13.5. The van der Waals surface area contributed by atoms with Crippen LogP contribution in [0.15, 0.2) is 60.1 Å². The lowest BCUT2D eigenvalue weighted by molar-refractivity contribution is -0.124. The molecule has 0 atom stereocenters. The van der Waals surface area contributed by atoms with Crippen LogP contribution in [0.1, 0.15) is 38.8 Å². The second-order valence-electron chi connectivity index (χ2n) is 8.86. The van der Waals surface area contributed by atoms with E-state index < -0.39 is 18.3 Å². The molecule has 0 unspecified atom stereocenters. The second-order valence-corrected chi connectivity index (χ2v) is 8.86. The zero-order valence-corrected chi connectivity index (χ0v) is 18.3.